The zero-order valence-corrected chi connectivity index (χ0v) is 14.1. The lowest BCUT2D eigenvalue weighted by atomic mass is 9.58. The average Bonchev–Trinajstić information content (AvgIpc) is 2.67. The third-order valence-electron chi connectivity index (χ3n) is 5.26. The number of hydrogen-bond donors (Lipinski definition) is 0. The first kappa shape index (κ1) is 14.1. The van der Waals surface area contributed by atoms with Gasteiger partial charge in [-0.15, -0.1) is 0 Å². The van der Waals surface area contributed by atoms with Crippen LogP contribution in [0.4, 0.5) is 10.1 Å². The maximum absolute atomic E-state index is 13.5. The summed E-state index contributed by atoms with van der Waals surface area (Å²) in [5, 5.41) is 0.895. The molecule has 1 saturated carbocycles. The standard InChI is InChI=1S/C17H16BrFN2O/c1-3-9-7-17(8-9)13-11-5-4-10(19)6-12(11)20-15(18)14(13)21(2)16(17)22/h4-6,9H,3,7-8H2,1-2H3. The second-order valence-corrected chi connectivity index (χ2v) is 7.17. The molecule has 2 aromatic rings. The van der Waals surface area contributed by atoms with Crippen LogP contribution >= 0.6 is 15.9 Å². The average molecular weight is 363 g/mol. The van der Waals surface area contributed by atoms with Gasteiger partial charge in [-0.25, -0.2) is 9.37 Å². The second-order valence-electron chi connectivity index (χ2n) is 6.42. The number of hydrogen-bond acceptors (Lipinski definition) is 2. The molecule has 4 rings (SSSR count). The lowest BCUT2D eigenvalue weighted by Gasteiger charge is -2.44. The first-order chi connectivity index (χ1) is 10.5. The van der Waals surface area contributed by atoms with Gasteiger partial charge in [-0.05, 0) is 46.8 Å². The molecule has 0 unspecified atom stereocenters. The van der Waals surface area contributed by atoms with Gasteiger partial charge in [0.1, 0.15) is 10.4 Å². The van der Waals surface area contributed by atoms with Crippen LogP contribution in [-0.4, -0.2) is 17.9 Å². The monoisotopic (exact) mass is 362 g/mol. The van der Waals surface area contributed by atoms with Crippen molar-refractivity contribution in [1.82, 2.24) is 4.98 Å². The fraction of sp³-hybridized carbons (Fsp3) is 0.412. The minimum absolute atomic E-state index is 0.145. The van der Waals surface area contributed by atoms with Gasteiger partial charge in [0.2, 0.25) is 5.91 Å². The minimum atomic E-state index is -0.438. The van der Waals surface area contributed by atoms with Crippen LogP contribution in [0.15, 0.2) is 22.8 Å². The third-order valence-corrected chi connectivity index (χ3v) is 5.81. The number of carbonyl (C=O) groups excluding carboxylic acids is 1. The molecule has 1 fully saturated rings. The van der Waals surface area contributed by atoms with E-state index in [0.29, 0.717) is 16.0 Å². The van der Waals surface area contributed by atoms with Gasteiger partial charge >= 0.3 is 0 Å². The van der Waals surface area contributed by atoms with Gasteiger partial charge in [-0.2, -0.15) is 0 Å². The van der Waals surface area contributed by atoms with Crippen molar-refractivity contribution in [2.45, 2.75) is 31.6 Å². The van der Waals surface area contributed by atoms with Gasteiger partial charge in [-0.1, -0.05) is 13.3 Å². The Bertz CT molecular complexity index is 814. The summed E-state index contributed by atoms with van der Waals surface area (Å²) < 4.78 is 14.2. The quantitative estimate of drug-likeness (QED) is 0.713. The van der Waals surface area contributed by atoms with Crippen LogP contribution < -0.4 is 4.90 Å². The van der Waals surface area contributed by atoms with E-state index in [9.17, 15) is 9.18 Å². The lowest BCUT2D eigenvalue weighted by Crippen LogP contribution is -2.48. The number of aromatic nitrogens is 1. The number of pyridine rings is 1. The predicted molar refractivity (Wildman–Crippen MR) is 87.5 cm³/mol. The Morgan fingerprint density at radius 1 is 1.45 bits per heavy atom. The Morgan fingerprint density at radius 2 is 2.18 bits per heavy atom. The Labute approximate surface area is 136 Å². The van der Waals surface area contributed by atoms with E-state index in [-0.39, 0.29) is 11.7 Å². The molecule has 5 heteroatoms. The first-order valence-electron chi connectivity index (χ1n) is 7.55. The topological polar surface area (TPSA) is 33.2 Å². The first-order valence-corrected chi connectivity index (χ1v) is 8.34. The Balaban J connectivity index is 2.03. The molecule has 3 nitrogen and oxygen atoms in total. The van der Waals surface area contributed by atoms with Gasteiger partial charge < -0.3 is 4.90 Å². The Morgan fingerprint density at radius 3 is 2.86 bits per heavy atom. The van der Waals surface area contributed by atoms with E-state index in [0.717, 1.165) is 35.9 Å². The molecule has 2 aliphatic rings. The number of carbonyl (C=O) groups is 1. The smallest absolute Gasteiger partial charge is 0.237 e. The van der Waals surface area contributed by atoms with E-state index in [2.05, 4.69) is 27.8 Å². The van der Waals surface area contributed by atoms with Crippen molar-refractivity contribution in [3.63, 3.8) is 0 Å². The number of fused-ring (bicyclic) bond motifs is 4. The number of halogens is 2. The number of rotatable bonds is 1. The zero-order chi connectivity index (χ0) is 15.6. The van der Waals surface area contributed by atoms with E-state index >= 15 is 0 Å². The molecule has 0 N–H and O–H groups in total. The third kappa shape index (κ3) is 1.60. The number of anilines is 1. The molecule has 0 radical (unpaired) electrons. The fourth-order valence-corrected chi connectivity index (χ4v) is 4.77. The number of likely N-dealkylation sites (N-methyl/N-ethyl adjacent to an activating group) is 1. The fourth-order valence-electron chi connectivity index (χ4n) is 4.11. The molecule has 114 valence electrons. The van der Waals surface area contributed by atoms with Crippen molar-refractivity contribution in [3.05, 3.63) is 34.2 Å². The van der Waals surface area contributed by atoms with Crippen LogP contribution in [0.3, 0.4) is 0 Å². The van der Waals surface area contributed by atoms with Gasteiger partial charge in [0.05, 0.1) is 16.6 Å². The molecule has 1 aliphatic heterocycles. The predicted octanol–water partition coefficient (Wildman–Crippen LogP) is 4.17. The molecule has 0 bridgehead atoms. The largest absolute Gasteiger partial charge is 0.312 e. The number of amides is 1. The van der Waals surface area contributed by atoms with Crippen molar-refractivity contribution in [1.29, 1.82) is 0 Å². The number of nitrogens with zero attached hydrogens (tertiary/aromatic N) is 2. The maximum Gasteiger partial charge on any atom is 0.237 e. The van der Waals surface area contributed by atoms with Crippen molar-refractivity contribution < 1.29 is 9.18 Å². The molecule has 1 amide bonds. The number of benzene rings is 1. The van der Waals surface area contributed by atoms with Gasteiger partial charge in [-0.3, -0.25) is 4.79 Å². The highest BCUT2D eigenvalue weighted by molar-refractivity contribution is 9.10. The summed E-state index contributed by atoms with van der Waals surface area (Å²) in [6.07, 6.45) is 2.85. The summed E-state index contributed by atoms with van der Waals surface area (Å²) in [5.74, 6) is 0.427. The molecule has 0 atom stereocenters. The van der Waals surface area contributed by atoms with Crippen LogP contribution in [0.1, 0.15) is 31.7 Å². The highest BCUT2D eigenvalue weighted by Gasteiger charge is 2.58. The Hall–Kier alpha value is -1.49. The van der Waals surface area contributed by atoms with Crippen LogP contribution in [-0.2, 0) is 10.2 Å². The van der Waals surface area contributed by atoms with E-state index in [1.54, 1.807) is 18.0 Å². The molecule has 22 heavy (non-hydrogen) atoms. The minimum Gasteiger partial charge on any atom is -0.312 e. The lowest BCUT2D eigenvalue weighted by molar-refractivity contribution is -0.127. The van der Waals surface area contributed by atoms with Crippen molar-refractivity contribution in [2.75, 3.05) is 11.9 Å². The van der Waals surface area contributed by atoms with Crippen molar-refractivity contribution >= 4 is 38.4 Å². The van der Waals surface area contributed by atoms with Crippen LogP contribution in [0.25, 0.3) is 10.9 Å². The van der Waals surface area contributed by atoms with Crippen molar-refractivity contribution in [2.24, 2.45) is 5.92 Å². The highest BCUT2D eigenvalue weighted by atomic mass is 79.9. The second kappa shape index (κ2) is 4.51. The molecule has 1 aliphatic carbocycles. The molecule has 2 heterocycles. The summed E-state index contributed by atoms with van der Waals surface area (Å²) >= 11 is 3.47. The van der Waals surface area contributed by atoms with E-state index in [1.807, 2.05) is 0 Å². The maximum atomic E-state index is 13.5. The molecule has 1 aromatic heterocycles. The molecule has 1 aromatic carbocycles. The van der Waals surface area contributed by atoms with Crippen molar-refractivity contribution in [3.8, 4) is 0 Å². The van der Waals surface area contributed by atoms with Crippen LogP contribution in [0.2, 0.25) is 0 Å². The summed E-state index contributed by atoms with van der Waals surface area (Å²) in [6, 6.07) is 4.65. The van der Waals surface area contributed by atoms with Crippen LogP contribution in [0, 0.1) is 11.7 Å². The van der Waals surface area contributed by atoms with Gasteiger partial charge in [0.15, 0.2) is 0 Å². The Kier molecular flexibility index (Phi) is 2.89. The summed E-state index contributed by atoms with van der Waals surface area (Å²) in [4.78, 5) is 19.0. The molecular formula is C17H16BrFN2O. The van der Waals surface area contributed by atoms with E-state index in [1.165, 1.54) is 12.1 Å². The molecular weight excluding hydrogens is 347 g/mol. The van der Waals surface area contributed by atoms with E-state index in [4.69, 9.17) is 0 Å². The summed E-state index contributed by atoms with van der Waals surface area (Å²) in [6.45, 7) is 2.16. The SMILES string of the molecule is CCC1CC2(C1)C(=O)N(C)c1c(Br)nc3cc(F)ccc3c12. The highest BCUT2D eigenvalue weighted by Crippen LogP contribution is 2.59. The normalized spacial score (nSPS) is 26.6. The summed E-state index contributed by atoms with van der Waals surface area (Å²) in [5.41, 5.74) is 2.04. The zero-order valence-electron chi connectivity index (χ0n) is 12.5. The van der Waals surface area contributed by atoms with E-state index < -0.39 is 5.41 Å². The van der Waals surface area contributed by atoms with Crippen LogP contribution in [0.5, 0.6) is 0 Å². The summed E-state index contributed by atoms with van der Waals surface area (Å²) in [7, 11) is 1.80. The van der Waals surface area contributed by atoms with Gasteiger partial charge in [0, 0.05) is 24.1 Å². The van der Waals surface area contributed by atoms with Gasteiger partial charge in [0.25, 0.3) is 0 Å². The molecule has 1 spiro atoms. The molecule has 0 saturated heterocycles.